The maximum Gasteiger partial charge on any atom is 0.259 e. The van der Waals surface area contributed by atoms with Crippen LogP contribution < -0.4 is 5.32 Å². The van der Waals surface area contributed by atoms with Crippen LogP contribution in [0.5, 0.6) is 0 Å². The second-order valence-electron chi connectivity index (χ2n) is 6.62. The Bertz CT molecular complexity index is 1100. The number of nitrogens with one attached hydrogen (secondary N) is 2. The van der Waals surface area contributed by atoms with E-state index in [2.05, 4.69) is 15.3 Å². The lowest BCUT2D eigenvalue weighted by Gasteiger charge is -2.19. The highest BCUT2D eigenvalue weighted by molar-refractivity contribution is 6.11. The van der Waals surface area contributed by atoms with Gasteiger partial charge in [0.15, 0.2) is 0 Å². The topological polar surface area (TPSA) is 78.1 Å². The Morgan fingerprint density at radius 3 is 2.92 bits per heavy atom. The summed E-state index contributed by atoms with van der Waals surface area (Å²) in [7, 11) is 0. The molecular formula is C20H16N4O2. The average Bonchev–Trinajstić information content (AvgIpc) is 3.16. The van der Waals surface area contributed by atoms with Gasteiger partial charge in [-0.1, -0.05) is 12.1 Å². The van der Waals surface area contributed by atoms with Crippen molar-refractivity contribution in [1.82, 2.24) is 14.9 Å². The summed E-state index contributed by atoms with van der Waals surface area (Å²) in [5.74, 6) is -0.765. The molecule has 1 unspecified atom stereocenters. The highest BCUT2D eigenvalue weighted by atomic mass is 16.2. The van der Waals surface area contributed by atoms with E-state index in [0.29, 0.717) is 5.57 Å². The predicted octanol–water partition coefficient (Wildman–Crippen LogP) is 2.76. The summed E-state index contributed by atoms with van der Waals surface area (Å²) in [5.41, 5.74) is 5.29. The van der Waals surface area contributed by atoms with Crippen molar-refractivity contribution in [2.45, 2.75) is 12.8 Å². The van der Waals surface area contributed by atoms with Crippen molar-refractivity contribution in [3.8, 4) is 0 Å². The molecule has 0 spiro atoms. The van der Waals surface area contributed by atoms with Gasteiger partial charge in [-0.05, 0) is 29.3 Å². The zero-order chi connectivity index (χ0) is 17.8. The molecule has 2 aliphatic heterocycles. The van der Waals surface area contributed by atoms with Gasteiger partial charge in [-0.25, -0.2) is 0 Å². The van der Waals surface area contributed by atoms with Gasteiger partial charge in [0.2, 0.25) is 5.91 Å². The molecule has 5 rings (SSSR count). The first-order valence-electron chi connectivity index (χ1n) is 8.47. The molecule has 128 valence electrons. The number of rotatable bonds is 1. The van der Waals surface area contributed by atoms with Gasteiger partial charge in [0.05, 0.1) is 12.1 Å². The van der Waals surface area contributed by atoms with E-state index < -0.39 is 0 Å². The molecule has 6 heteroatoms. The van der Waals surface area contributed by atoms with Crippen molar-refractivity contribution in [2.75, 3.05) is 11.9 Å². The predicted molar refractivity (Wildman–Crippen MR) is 97.4 cm³/mol. The van der Waals surface area contributed by atoms with Crippen LogP contribution in [0.4, 0.5) is 5.69 Å². The molecule has 3 aromatic rings. The number of aromatic nitrogens is 2. The van der Waals surface area contributed by atoms with Crippen LogP contribution in [0.1, 0.15) is 24.0 Å². The molecule has 0 radical (unpaired) electrons. The summed E-state index contributed by atoms with van der Waals surface area (Å²) < 4.78 is 0. The number of hydrogen-bond acceptors (Lipinski definition) is 4. The molecule has 0 bridgehead atoms. The average molecular weight is 344 g/mol. The number of carbonyl (C=O) groups is 2. The van der Waals surface area contributed by atoms with Gasteiger partial charge in [-0.2, -0.15) is 0 Å². The number of amides is 2. The van der Waals surface area contributed by atoms with Crippen LogP contribution >= 0.6 is 0 Å². The molecule has 0 aliphatic carbocycles. The SMILES string of the molecule is CC(=O)N1CC2=C(C1=O)C(c1cccnc1)c1c[nH]c3cccc(c13)N2. The lowest BCUT2D eigenvalue weighted by Crippen LogP contribution is -2.33. The Hall–Kier alpha value is -3.41. The van der Waals surface area contributed by atoms with Gasteiger partial charge >= 0.3 is 0 Å². The molecule has 2 amide bonds. The minimum Gasteiger partial charge on any atom is -0.361 e. The smallest absolute Gasteiger partial charge is 0.259 e. The lowest BCUT2D eigenvalue weighted by atomic mass is 9.85. The van der Waals surface area contributed by atoms with E-state index in [9.17, 15) is 9.59 Å². The fourth-order valence-electron chi connectivity index (χ4n) is 4.00. The molecule has 4 heterocycles. The molecule has 1 aromatic carbocycles. The van der Waals surface area contributed by atoms with Crippen molar-refractivity contribution in [3.05, 3.63) is 71.3 Å². The maximum atomic E-state index is 13.1. The minimum absolute atomic E-state index is 0.240. The second kappa shape index (κ2) is 5.29. The van der Waals surface area contributed by atoms with Crippen LogP contribution in [0.25, 0.3) is 10.9 Å². The zero-order valence-corrected chi connectivity index (χ0v) is 14.1. The molecule has 6 nitrogen and oxygen atoms in total. The number of carbonyl (C=O) groups excluding carboxylic acids is 2. The Morgan fingerprint density at radius 2 is 2.15 bits per heavy atom. The standard InChI is InChI=1S/C20H16N4O2/c1-11(25)24-10-16-19(20(24)26)17(12-4-3-7-21-8-12)13-9-22-14-5-2-6-15(23-16)18(13)14/h2-9,17,22-23H,10H2,1H3. The van der Waals surface area contributed by atoms with Gasteiger partial charge in [0.1, 0.15) is 0 Å². The van der Waals surface area contributed by atoms with E-state index in [4.69, 9.17) is 0 Å². The van der Waals surface area contributed by atoms with Crippen molar-refractivity contribution in [3.63, 3.8) is 0 Å². The molecule has 0 fully saturated rings. The van der Waals surface area contributed by atoms with Gasteiger partial charge in [0, 0.05) is 53.7 Å². The summed E-state index contributed by atoms with van der Waals surface area (Å²) >= 11 is 0. The van der Waals surface area contributed by atoms with Crippen molar-refractivity contribution < 1.29 is 9.59 Å². The van der Waals surface area contributed by atoms with E-state index in [1.807, 2.05) is 36.5 Å². The van der Waals surface area contributed by atoms with Crippen LogP contribution in [-0.2, 0) is 9.59 Å². The van der Waals surface area contributed by atoms with E-state index in [-0.39, 0.29) is 24.3 Å². The third-order valence-corrected chi connectivity index (χ3v) is 5.14. The third kappa shape index (κ3) is 1.95. The van der Waals surface area contributed by atoms with Crippen molar-refractivity contribution in [2.24, 2.45) is 0 Å². The summed E-state index contributed by atoms with van der Waals surface area (Å²) in [6.07, 6.45) is 5.45. The number of benzene rings is 1. The van der Waals surface area contributed by atoms with Crippen molar-refractivity contribution >= 4 is 28.4 Å². The highest BCUT2D eigenvalue weighted by Crippen LogP contribution is 2.45. The zero-order valence-electron chi connectivity index (χ0n) is 14.1. The Labute approximate surface area is 149 Å². The molecular weight excluding hydrogens is 328 g/mol. The van der Waals surface area contributed by atoms with Crippen LogP contribution in [0, 0.1) is 0 Å². The van der Waals surface area contributed by atoms with E-state index in [1.54, 1.807) is 12.4 Å². The molecule has 1 atom stereocenters. The molecule has 2 aliphatic rings. The molecule has 26 heavy (non-hydrogen) atoms. The normalized spacial score (nSPS) is 18.7. The van der Waals surface area contributed by atoms with E-state index >= 15 is 0 Å². The molecule has 2 N–H and O–H groups in total. The van der Waals surface area contributed by atoms with E-state index in [1.165, 1.54) is 11.8 Å². The third-order valence-electron chi connectivity index (χ3n) is 5.14. The fourth-order valence-corrected chi connectivity index (χ4v) is 4.00. The number of H-pyrrole nitrogens is 1. The first-order chi connectivity index (χ1) is 12.6. The van der Waals surface area contributed by atoms with Crippen LogP contribution in [0.2, 0.25) is 0 Å². The highest BCUT2D eigenvalue weighted by Gasteiger charge is 2.41. The second-order valence-corrected chi connectivity index (χ2v) is 6.62. The first-order valence-corrected chi connectivity index (χ1v) is 8.47. The first kappa shape index (κ1) is 14.9. The van der Waals surface area contributed by atoms with Gasteiger partial charge in [0.25, 0.3) is 5.91 Å². The number of nitrogens with zero attached hydrogens (tertiary/aromatic N) is 2. The monoisotopic (exact) mass is 344 g/mol. The number of hydrogen-bond donors (Lipinski definition) is 2. The molecule has 0 saturated carbocycles. The molecule has 2 aromatic heterocycles. The van der Waals surface area contributed by atoms with Crippen LogP contribution in [0.3, 0.4) is 0 Å². The summed E-state index contributed by atoms with van der Waals surface area (Å²) in [4.78, 5) is 33.9. The van der Waals surface area contributed by atoms with Crippen LogP contribution in [-0.4, -0.2) is 33.2 Å². The summed E-state index contributed by atoms with van der Waals surface area (Å²) in [5, 5.41) is 4.48. The van der Waals surface area contributed by atoms with E-state index in [0.717, 1.165) is 33.4 Å². The Balaban J connectivity index is 1.80. The van der Waals surface area contributed by atoms with Crippen molar-refractivity contribution in [1.29, 1.82) is 0 Å². The quantitative estimate of drug-likeness (QED) is 0.711. The maximum absolute atomic E-state index is 13.1. The largest absolute Gasteiger partial charge is 0.361 e. The van der Waals surface area contributed by atoms with Gasteiger partial charge < -0.3 is 10.3 Å². The summed E-state index contributed by atoms with van der Waals surface area (Å²) in [6.45, 7) is 1.69. The Morgan fingerprint density at radius 1 is 1.27 bits per heavy atom. The van der Waals surface area contributed by atoms with Gasteiger partial charge in [-0.3, -0.25) is 19.5 Å². The number of anilines is 1. The number of imide groups is 1. The van der Waals surface area contributed by atoms with Gasteiger partial charge in [-0.15, -0.1) is 0 Å². The van der Waals surface area contributed by atoms with Crippen LogP contribution in [0.15, 0.2) is 60.2 Å². The summed E-state index contributed by atoms with van der Waals surface area (Å²) in [6, 6.07) is 9.82. The lowest BCUT2D eigenvalue weighted by molar-refractivity contribution is -0.139. The fraction of sp³-hybridized carbons (Fsp3) is 0.150. The minimum atomic E-state index is -0.277. The molecule has 0 saturated heterocycles. The number of aromatic amines is 1. The Kier molecular flexibility index (Phi) is 3.03. The number of pyridine rings is 1.